The Labute approximate surface area is 204 Å². The SMILES string of the molecule is CC(C)(C)OC(=O)NCc1ccc(C=Cc2ccc(C(=O)O)c(O[Si](C)(C)C(C)(C)C)c2)cc1. The summed E-state index contributed by atoms with van der Waals surface area (Å²) in [5, 5.41) is 12.3. The number of alkyl carbamates (subject to hydrolysis) is 1. The second-order valence-electron chi connectivity index (χ2n) is 10.9. The summed E-state index contributed by atoms with van der Waals surface area (Å²) in [6, 6.07) is 13.0. The first-order valence-electron chi connectivity index (χ1n) is 11.4. The molecule has 1 amide bonds. The van der Waals surface area contributed by atoms with Crippen LogP contribution in [0.4, 0.5) is 4.79 Å². The molecule has 34 heavy (non-hydrogen) atoms. The fourth-order valence-corrected chi connectivity index (χ4v) is 3.78. The predicted molar refractivity (Wildman–Crippen MR) is 140 cm³/mol. The van der Waals surface area contributed by atoms with Gasteiger partial charge in [-0.05, 0) is 67.7 Å². The lowest BCUT2D eigenvalue weighted by atomic mass is 10.1. The van der Waals surface area contributed by atoms with E-state index in [1.54, 1.807) is 18.2 Å². The molecule has 184 valence electrons. The molecule has 6 nitrogen and oxygen atoms in total. The summed E-state index contributed by atoms with van der Waals surface area (Å²) in [6.45, 7) is 16.4. The number of rotatable bonds is 7. The number of carbonyl (C=O) groups excluding carboxylic acids is 1. The van der Waals surface area contributed by atoms with E-state index in [1.807, 2.05) is 57.2 Å². The van der Waals surface area contributed by atoms with E-state index in [4.69, 9.17) is 9.16 Å². The molecule has 7 heteroatoms. The standard InChI is InChI=1S/C27H37NO5Si/c1-26(2,3)32-25(31)28-18-21-13-10-19(11-14-21)9-12-20-15-16-22(24(29)30)23(17-20)33-34(7,8)27(4,5)6/h9-17H,18H2,1-8H3,(H,28,31)(H,29,30). The molecule has 2 N–H and O–H groups in total. The fourth-order valence-electron chi connectivity index (χ4n) is 2.76. The normalized spacial score (nSPS) is 12.5. The van der Waals surface area contributed by atoms with Crippen molar-refractivity contribution in [3.05, 3.63) is 64.7 Å². The molecule has 2 aromatic rings. The number of hydrogen-bond acceptors (Lipinski definition) is 4. The lowest BCUT2D eigenvalue weighted by molar-refractivity contribution is 0.0523. The highest BCUT2D eigenvalue weighted by molar-refractivity contribution is 6.74. The third-order valence-corrected chi connectivity index (χ3v) is 10.0. The van der Waals surface area contributed by atoms with Crippen LogP contribution in [0, 0.1) is 0 Å². The Morgan fingerprint density at radius 1 is 0.941 bits per heavy atom. The number of amides is 1. The molecule has 0 saturated carbocycles. The third kappa shape index (κ3) is 8.06. The molecule has 0 aliphatic carbocycles. The summed E-state index contributed by atoms with van der Waals surface area (Å²) in [7, 11) is -2.19. The number of carbonyl (C=O) groups is 2. The van der Waals surface area contributed by atoms with Crippen molar-refractivity contribution >= 4 is 32.5 Å². The van der Waals surface area contributed by atoms with Crippen molar-refractivity contribution in [1.29, 1.82) is 0 Å². The Balaban J connectivity index is 2.13. The van der Waals surface area contributed by atoms with Gasteiger partial charge in [-0.1, -0.05) is 63.3 Å². The largest absolute Gasteiger partial charge is 0.543 e. The molecule has 0 saturated heterocycles. The van der Waals surface area contributed by atoms with Crippen LogP contribution in [0.15, 0.2) is 42.5 Å². The zero-order valence-electron chi connectivity index (χ0n) is 21.5. The van der Waals surface area contributed by atoms with E-state index in [2.05, 4.69) is 39.2 Å². The van der Waals surface area contributed by atoms with Crippen LogP contribution in [0.25, 0.3) is 12.2 Å². The number of carboxylic acid groups (broad SMARTS) is 1. The number of hydrogen-bond donors (Lipinski definition) is 2. The van der Waals surface area contributed by atoms with Crippen molar-refractivity contribution in [3.8, 4) is 5.75 Å². The minimum Gasteiger partial charge on any atom is -0.543 e. The topological polar surface area (TPSA) is 84.9 Å². The van der Waals surface area contributed by atoms with E-state index < -0.39 is 26.0 Å². The highest BCUT2D eigenvalue weighted by Gasteiger charge is 2.39. The van der Waals surface area contributed by atoms with Gasteiger partial charge in [0.2, 0.25) is 0 Å². The summed E-state index contributed by atoms with van der Waals surface area (Å²) in [4.78, 5) is 23.5. The van der Waals surface area contributed by atoms with Gasteiger partial charge in [-0.3, -0.25) is 0 Å². The van der Waals surface area contributed by atoms with Crippen molar-refractivity contribution < 1.29 is 23.9 Å². The summed E-state index contributed by atoms with van der Waals surface area (Å²) in [5.41, 5.74) is 2.43. The monoisotopic (exact) mass is 483 g/mol. The Morgan fingerprint density at radius 2 is 1.50 bits per heavy atom. The first-order valence-corrected chi connectivity index (χ1v) is 14.3. The molecule has 0 unspecified atom stereocenters. The summed E-state index contributed by atoms with van der Waals surface area (Å²) in [5.74, 6) is -0.593. The van der Waals surface area contributed by atoms with E-state index in [-0.39, 0.29) is 10.6 Å². The first kappa shape index (κ1) is 27.2. The number of aromatic carboxylic acids is 1. The van der Waals surface area contributed by atoms with Crippen molar-refractivity contribution in [3.63, 3.8) is 0 Å². The van der Waals surface area contributed by atoms with Crippen molar-refractivity contribution in [2.24, 2.45) is 0 Å². The fraction of sp³-hybridized carbons (Fsp3) is 0.407. The maximum atomic E-state index is 11.8. The van der Waals surface area contributed by atoms with E-state index in [0.29, 0.717) is 12.3 Å². The molecular weight excluding hydrogens is 446 g/mol. The molecule has 0 aliphatic rings. The van der Waals surface area contributed by atoms with Gasteiger partial charge in [0.25, 0.3) is 8.32 Å². The third-order valence-electron chi connectivity index (χ3n) is 5.69. The molecule has 0 fully saturated rings. The summed E-state index contributed by atoms with van der Waals surface area (Å²) < 4.78 is 11.6. The molecule has 2 aromatic carbocycles. The van der Waals surface area contributed by atoms with Gasteiger partial charge in [-0.2, -0.15) is 0 Å². The molecule has 0 atom stereocenters. The lowest BCUT2D eigenvalue weighted by Crippen LogP contribution is -2.44. The van der Waals surface area contributed by atoms with E-state index >= 15 is 0 Å². The molecule has 0 radical (unpaired) electrons. The number of carboxylic acids is 1. The zero-order valence-corrected chi connectivity index (χ0v) is 22.5. The van der Waals surface area contributed by atoms with Crippen LogP contribution in [-0.2, 0) is 11.3 Å². The Kier molecular flexibility index (Phi) is 8.37. The number of nitrogens with one attached hydrogen (secondary N) is 1. The maximum Gasteiger partial charge on any atom is 0.407 e. The van der Waals surface area contributed by atoms with Gasteiger partial charge >= 0.3 is 12.1 Å². The minimum absolute atomic E-state index is 0.0469. The van der Waals surface area contributed by atoms with Crippen LogP contribution in [0.1, 0.15) is 68.6 Å². The van der Waals surface area contributed by atoms with Gasteiger partial charge in [-0.25, -0.2) is 9.59 Å². The highest BCUT2D eigenvalue weighted by Crippen LogP contribution is 2.38. The van der Waals surface area contributed by atoms with Crippen LogP contribution in [0.2, 0.25) is 18.1 Å². The van der Waals surface area contributed by atoms with Crippen molar-refractivity contribution in [2.75, 3.05) is 0 Å². The van der Waals surface area contributed by atoms with Crippen molar-refractivity contribution in [2.45, 2.75) is 71.8 Å². The molecule has 0 aromatic heterocycles. The van der Waals surface area contributed by atoms with Gasteiger partial charge in [0.05, 0.1) is 0 Å². The maximum absolute atomic E-state index is 11.8. The van der Waals surface area contributed by atoms with Gasteiger partial charge < -0.3 is 19.6 Å². The van der Waals surface area contributed by atoms with Crippen molar-refractivity contribution in [1.82, 2.24) is 5.32 Å². The predicted octanol–water partition coefficient (Wildman–Crippen LogP) is 6.96. The molecule has 0 heterocycles. The molecule has 2 rings (SSSR count). The smallest absolute Gasteiger partial charge is 0.407 e. The Morgan fingerprint density at radius 3 is 2.03 bits per heavy atom. The first-order chi connectivity index (χ1) is 15.6. The Hall–Kier alpha value is -3.06. The van der Waals surface area contributed by atoms with Crippen LogP contribution < -0.4 is 9.74 Å². The molecular formula is C27H37NO5Si. The highest BCUT2D eigenvalue weighted by atomic mass is 28.4. The summed E-state index contributed by atoms with van der Waals surface area (Å²) in [6.07, 6.45) is 3.44. The second-order valence-corrected chi connectivity index (χ2v) is 15.6. The van der Waals surface area contributed by atoms with Gasteiger partial charge in [0.1, 0.15) is 16.9 Å². The van der Waals surface area contributed by atoms with Gasteiger partial charge in [0.15, 0.2) is 0 Å². The minimum atomic E-state index is -2.19. The van der Waals surface area contributed by atoms with Gasteiger partial charge in [-0.15, -0.1) is 0 Å². The molecule has 0 aliphatic heterocycles. The zero-order chi connectivity index (χ0) is 25.7. The van der Waals surface area contributed by atoms with Crippen LogP contribution in [0.3, 0.4) is 0 Å². The van der Waals surface area contributed by atoms with Crippen LogP contribution in [0.5, 0.6) is 5.75 Å². The number of benzene rings is 2. The Bertz CT molecular complexity index is 1040. The van der Waals surface area contributed by atoms with E-state index in [0.717, 1.165) is 16.7 Å². The average molecular weight is 484 g/mol. The lowest BCUT2D eigenvalue weighted by Gasteiger charge is -2.36. The molecule has 0 spiro atoms. The quantitative estimate of drug-likeness (QED) is 0.328. The molecule has 0 bridgehead atoms. The van der Waals surface area contributed by atoms with Gasteiger partial charge in [0, 0.05) is 6.54 Å². The second kappa shape index (κ2) is 10.5. The van der Waals surface area contributed by atoms with Crippen LogP contribution in [-0.4, -0.2) is 31.1 Å². The summed E-state index contributed by atoms with van der Waals surface area (Å²) >= 11 is 0. The van der Waals surface area contributed by atoms with E-state index in [9.17, 15) is 14.7 Å². The van der Waals surface area contributed by atoms with E-state index in [1.165, 1.54) is 0 Å². The average Bonchev–Trinajstić information content (AvgIpc) is 2.69. The number of ether oxygens (including phenoxy) is 1. The van der Waals surface area contributed by atoms with Crippen LogP contribution >= 0.6 is 0 Å².